The maximum absolute atomic E-state index is 12.7. The van der Waals surface area contributed by atoms with E-state index in [9.17, 15) is 14.4 Å². The maximum atomic E-state index is 12.7. The number of aromatic nitrogens is 2. The van der Waals surface area contributed by atoms with E-state index in [0.29, 0.717) is 32.4 Å². The number of aliphatic carboxylic acids is 1. The lowest BCUT2D eigenvalue weighted by atomic mass is 10.1. The molecule has 1 aromatic carbocycles. The van der Waals surface area contributed by atoms with Gasteiger partial charge >= 0.3 is 11.7 Å². The second-order valence-electron chi connectivity index (χ2n) is 6.94. The predicted octanol–water partition coefficient (Wildman–Crippen LogP) is 1.97. The molecule has 26 heavy (non-hydrogen) atoms. The molecule has 2 aromatic rings. The van der Waals surface area contributed by atoms with E-state index >= 15 is 0 Å². The molecule has 7 nitrogen and oxygen atoms in total. The summed E-state index contributed by atoms with van der Waals surface area (Å²) in [5, 5.41) is 12.0. The zero-order valence-corrected chi connectivity index (χ0v) is 15.0. The van der Waals surface area contributed by atoms with Crippen LogP contribution in [0.15, 0.2) is 29.1 Å². The molecule has 1 aliphatic rings. The molecule has 2 atom stereocenters. The van der Waals surface area contributed by atoms with Gasteiger partial charge in [-0.05, 0) is 37.8 Å². The first-order valence-corrected chi connectivity index (χ1v) is 9.21. The largest absolute Gasteiger partial charge is 0.481 e. The smallest absolute Gasteiger partial charge is 0.329 e. The minimum Gasteiger partial charge on any atom is -0.481 e. The number of fused-ring (bicyclic) bond motifs is 1. The van der Waals surface area contributed by atoms with Gasteiger partial charge in [0.15, 0.2) is 0 Å². The summed E-state index contributed by atoms with van der Waals surface area (Å²) in [5.41, 5.74) is 1.64. The summed E-state index contributed by atoms with van der Waals surface area (Å²) < 4.78 is 3.40. The van der Waals surface area contributed by atoms with Gasteiger partial charge in [0.1, 0.15) is 0 Å². The number of carboxylic acids is 1. The molecule has 0 unspecified atom stereocenters. The molecule has 7 heteroatoms. The highest BCUT2D eigenvalue weighted by Gasteiger charge is 2.30. The Bertz CT molecular complexity index is 867. The molecule has 0 radical (unpaired) electrons. The fourth-order valence-electron chi connectivity index (χ4n) is 3.78. The fourth-order valence-corrected chi connectivity index (χ4v) is 3.78. The lowest BCUT2D eigenvalue weighted by molar-refractivity contribution is -0.141. The molecule has 140 valence electrons. The van der Waals surface area contributed by atoms with Crippen molar-refractivity contribution in [1.82, 2.24) is 14.5 Å². The average molecular weight is 359 g/mol. The minimum atomic E-state index is -0.794. The molecule has 1 saturated carbocycles. The molecule has 1 aromatic heterocycles. The average Bonchev–Trinajstić information content (AvgIpc) is 3.18. The lowest BCUT2D eigenvalue weighted by Crippen LogP contribution is -2.34. The molecule has 1 heterocycles. The molecular weight excluding hydrogens is 334 g/mol. The Labute approximate surface area is 151 Å². The van der Waals surface area contributed by atoms with Crippen LogP contribution in [-0.2, 0) is 22.7 Å². The van der Waals surface area contributed by atoms with Crippen LogP contribution < -0.4 is 11.0 Å². The van der Waals surface area contributed by atoms with E-state index in [1.807, 2.05) is 31.2 Å². The SMILES string of the molecule is CCCn1c(=O)n(CCC(=O)N[C@@H]2CC[C@H](C(=O)O)C2)c2ccccc21. The van der Waals surface area contributed by atoms with Crippen molar-refractivity contribution in [3.8, 4) is 0 Å². The van der Waals surface area contributed by atoms with Gasteiger partial charge < -0.3 is 10.4 Å². The quantitative estimate of drug-likeness (QED) is 0.790. The third-order valence-corrected chi connectivity index (χ3v) is 5.08. The number of carboxylic acid groups (broad SMARTS) is 1. The molecule has 0 aliphatic heterocycles. The van der Waals surface area contributed by atoms with Gasteiger partial charge in [-0.1, -0.05) is 19.1 Å². The number of imidazole rings is 1. The topological polar surface area (TPSA) is 93.3 Å². The van der Waals surface area contributed by atoms with Crippen LogP contribution in [0.3, 0.4) is 0 Å². The van der Waals surface area contributed by atoms with Crippen molar-refractivity contribution in [3.05, 3.63) is 34.7 Å². The van der Waals surface area contributed by atoms with E-state index in [4.69, 9.17) is 5.11 Å². The molecule has 1 amide bonds. The van der Waals surface area contributed by atoms with Crippen molar-refractivity contribution in [2.24, 2.45) is 5.92 Å². The number of rotatable bonds is 7. The van der Waals surface area contributed by atoms with Crippen LogP contribution in [0, 0.1) is 5.92 Å². The Morgan fingerprint density at radius 2 is 1.81 bits per heavy atom. The van der Waals surface area contributed by atoms with Gasteiger partial charge in [0.2, 0.25) is 5.91 Å². The van der Waals surface area contributed by atoms with Crippen molar-refractivity contribution < 1.29 is 14.7 Å². The van der Waals surface area contributed by atoms with Crippen LogP contribution >= 0.6 is 0 Å². The van der Waals surface area contributed by atoms with Crippen LogP contribution in [0.25, 0.3) is 11.0 Å². The van der Waals surface area contributed by atoms with Crippen molar-refractivity contribution in [3.63, 3.8) is 0 Å². The molecular formula is C19H25N3O4. The third-order valence-electron chi connectivity index (χ3n) is 5.08. The molecule has 0 bridgehead atoms. The molecule has 1 fully saturated rings. The lowest BCUT2D eigenvalue weighted by Gasteiger charge is -2.12. The van der Waals surface area contributed by atoms with Crippen molar-refractivity contribution in [1.29, 1.82) is 0 Å². The Balaban J connectivity index is 1.66. The normalized spacial score (nSPS) is 19.7. The first-order valence-electron chi connectivity index (χ1n) is 9.21. The Hall–Kier alpha value is -2.57. The van der Waals surface area contributed by atoms with E-state index in [1.54, 1.807) is 9.13 Å². The third kappa shape index (κ3) is 3.66. The number of carbonyl (C=O) groups is 2. The van der Waals surface area contributed by atoms with Crippen LogP contribution in [0.2, 0.25) is 0 Å². The monoisotopic (exact) mass is 359 g/mol. The predicted molar refractivity (Wildman–Crippen MR) is 98.0 cm³/mol. The summed E-state index contributed by atoms with van der Waals surface area (Å²) in [7, 11) is 0. The van der Waals surface area contributed by atoms with Crippen LogP contribution in [0.5, 0.6) is 0 Å². The number of carbonyl (C=O) groups excluding carboxylic acids is 1. The molecule has 0 saturated heterocycles. The first kappa shape index (κ1) is 18.2. The van der Waals surface area contributed by atoms with E-state index < -0.39 is 5.97 Å². The summed E-state index contributed by atoms with van der Waals surface area (Å²) in [5.74, 6) is -1.30. The molecule has 3 rings (SSSR count). The standard InChI is InChI=1S/C19H25N3O4/c1-2-10-21-15-5-3-4-6-16(15)22(19(21)26)11-9-17(23)20-14-8-7-13(12-14)18(24)25/h3-6,13-14H,2,7-12H2,1H3,(H,20,23)(H,24,25)/t13-,14+/m0/s1. The first-order chi connectivity index (χ1) is 12.5. The number of nitrogens with one attached hydrogen (secondary N) is 1. The van der Waals surface area contributed by atoms with E-state index in [0.717, 1.165) is 17.5 Å². The molecule has 1 aliphatic carbocycles. The Kier molecular flexibility index (Phi) is 5.44. The number of hydrogen-bond acceptors (Lipinski definition) is 3. The highest BCUT2D eigenvalue weighted by molar-refractivity contribution is 5.78. The number of aryl methyl sites for hydroxylation is 2. The van der Waals surface area contributed by atoms with E-state index in [1.165, 1.54) is 0 Å². The van der Waals surface area contributed by atoms with Crippen molar-refractivity contribution >= 4 is 22.9 Å². The summed E-state index contributed by atoms with van der Waals surface area (Å²) in [6, 6.07) is 7.54. The number of amides is 1. The summed E-state index contributed by atoms with van der Waals surface area (Å²) in [6.07, 6.45) is 2.84. The zero-order chi connectivity index (χ0) is 18.7. The minimum absolute atomic E-state index is 0.0817. The number of benzene rings is 1. The highest BCUT2D eigenvalue weighted by Crippen LogP contribution is 2.25. The second kappa shape index (κ2) is 7.76. The van der Waals surface area contributed by atoms with Gasteiger partial charge in [-0.2, -0.15) is 0 Å². The van der Waals surface area contributed by atoms with Crippen molar-refractivity contribution in [2.75, 3.05) is 0 Å². The van der Waals surface area contributed by atoms with Crippen LogP contribution in [0.4, 0.5) is 0 Å². The van der Waals surface area contributed by atoms with Gasteiger partial charge in [0.05, 0.1) is 17.0 Å². The van der Waals surface area contributed by atoms with Gasteiger partial charge in [0.25, 0.3) is 0 Å². The number of hydrogen-bond donors (Lipinski definition) is 2. The number of nitrogens with zero attached hydrogens (tertiary/aromatic N) is 2. The Morgan fingerprint density at radius 1 is 1.15 bits per heavy atom. The summed E-state index contributed by atoms with van der Waals surface area (Å²) >= 11 is 0. The number of para-hydroxylation sites is 2. The van der Waals surface area contributed by atoms with Gasteiger partial charge in [-0.3, -0.25) is 18.7 Å². The fraction of sp³-hybridized carbons (Fsp3) is 0.526. The van der Waals surface area contributed by atoms with E-state index in [-0.39, 0.29) is 30.0 Å². The second-order valence-corrected chi connectivity index (χ2v) is 6.94. The summed E-state index contributed by atoms with van der Waals surface area (Å²) in [6.45, 7) is 2.99. The highest BCUT2D eigenvalue weighted by atomic mass is 16.4. The van der Waals surface area contributed by atoms with Crippen molar-refractivity contribution in [2.45, 2.75) is 58.2 Å². The molecule has 2 N–H and O–H groups in total. The van der Waals surface area contributed by atoms with Crippen LogP contribution in [0.1, 0.15) is 39.0 Å². The van der Waals surface area contributed by atoms with E-state index in [2.05, 4.69) is 5.32 Å². The van der Waals surface area contributed by atoms with Gasteiger partial charge in [0, 0.05) is 25.6 Å². The molecule has 0 spiro atoms. The Morgan fingerprint density at radius 3 is 2.38 bits per heavy atom. The zero-order valence-electron chi connectivity index (χ0n) is 15.0. The summed E-state index contributed by atoms with van der Waals surface area (Å²) in [4.78, 5) is 35.9. The van der Waals surface area contributed by atoms with Crippen LogP contribution in [-0.4, -0.2) is 32.2 Å². The van der Waals surface area contributed by atoms with Gasteiger partial charge in [-0.15, -0.1) is 0 Å². The maximum Gasteiger partial charge on any atom is 0.329 e. The van der Waals surface area contributed by atoms with Gasteiger partial charge in [-0.25, -0.2) is 4.79 Å².